The number of hydrogen-bond acceptors (Lipinski definition) is 3. The number of ether oxygens (including phenoxy) is 1. The highest BCUT2D eigenvalue weighted by molar-refractivity contribution is 6.01. The summed E-state index contributed by atoms with van der Waals surface area (Å²) in [4.78, 5) is 22.8. The molecule has 82 valence electrons. The average molecular weight is 200 g/mol. The van der Waals surface area contributed by atoms with Crippen LogP contribution in [0.1, 0.15) is 40.0 Å². The van der Waals surface area contributed by atoms with Crippen molar-refractivity contribution in [3.63, 3.8) is 0 Å². The van der Waals surface area contributed by atoms with Crippen molar-refractivity contribution in [2.24, 2.45) is 5.41 Å². The molecule has 0 amide bonds. The summed E-state index contributed by atoms with van der Waals surface area (Å²) in [6.07, 6.45) is 1.20. The fraction of sp³-hybridized carbons (Fsp3) is 0.818. The summed E-state index contributed by atoms with van der Waals surface area (Å²) in [5.41, 5.74) is -0.406. The average Bonchev–Trinajstić information content (AvgIpc) is 2.03. The summed E-state index contributed by atoms with van der Waals surface area (Å²) in [5, 5.41) is 0. The zero-order chi connectivity index (χ0) is 11.2. The van der Waals surface area contributed by atoms with E-state index in [2.05, 4.69) is 0 Å². The largest absolute Gasteiger partial charge is 0.385 e. The summed E-state index contributed by atoms with van der Waals surface area (Å²) in [6, 6.07) is 0. The van der Waals surface area contributed by atoms with Crippen LogP contribution in [0.15, 0.2) is 0 Å². The van der Waals surface area contributed by atoms with E-state index in [-0.39, 0.29) is 18.0 Å². The van der Waals surface area contributed by atoms with Crippen LogP contribution >= 0.6 is 0 Å². The molecule has 0 aromatic rings. The first-order valence-corrected chi connectivity index (χ1v) is 4.92. The van der Waals surface area contributed by atoms with Gasteiger partial charge in [-0.1, -0.05) is 20.8 Å². The number of Topliss-reactive ketones (excluding diaryl/α,β-unsaturated/α-hetero) is 2. The van der Waals surface area contributed by atoms with Crippen LogP contribution in [0.25, 0.3) is 0 Å². The first-order valence-electron chi connectivity index (χ1n) is 4.92. The third-order valence-corrected chi connectivity index (χ3v) is 2.00. The van der Waals surface area contributed by atoms with Crippen molar-refractivity contribution >= 4 is 11.6 Å². The Balaban J connectivity index is 3.78. The number of carbonyl (C=O) groups is 2. The number of ketones is 2. The topological polar surface area (TPSA) is 43.4 Å². The highest BCUT2D eigenvalue weighted by atomic mass is 16.5. The molecule has 0 aromatic carbocycles. The molecule has 0 atom stereocenters. The minimum absolute atomic E-state index is 0.0138. The second-order valence-electron chi connectivity index (χ2n) is 4.48. The van der Waals surface area contributed by atoms with E-state index in [9.17, 15) is 9.59 Å². The Kier molecular flexibility index (Phi) is 5.62. The van der Waals surface area contributed by atoms with E-state index in [1.54, 1.807) is 7.11 Å². The standard InChI is InChI=1S/C11H20O3/c1-11(2,3)10(13)8-9(12)6-5-7-14-4/h5-8H2,1-4H3. The van der Waals surface area contributed by atoms with E-state index in [0.717, 1.165) is 0 Å². The Hall–Kier alpha value is -0.700. The molecule has 0 unspecified atom stereocenters. The molecule has 0 bridgehead atoms. The Morgan fingerprint density at radius 1 is 1.21 bits per heavy atom. The third-order valence-electron chi connectivity index (χ3n) is 2.00. The molecular formula is C11H20O3. The molecule has 14 heavy (non-hydrogen) atoms. The van der Waals surface area contributed by atoms with Crippen LogP contribution in [0.3, 0.4) is 0 Å². The maximum atomic E-state index is 11.5. The summed E-state index contributed by atoms with van der Waals surface area (Å²) in [6.45, 7) is 6.07. The molecule has 0 N–H and O–H groups in total. The molecule has 0 saturated carbocycles. The Morgan fingerprint density at radius 3 is 2.21 bits per heavy atom. The molecule has 0 aromatic heterocycles. The van der Waals surface area contributed by atoms with Gasteiger partial charge in [-0.25, -0.2) is 0 Å². The molecule has 0 aliphatic carbocycles. The highest BCUT2D eigenvalue weighted by Gasteiger charge is 2.22. The highest BCUT2D eigenvalue weighted by Crippen LogP contribution is 2.17. The van der Waals surface area contributed by atoms with Gasteiger partial charge in [0.25, 0.3) is 0 Å². The van der Waals surface area contributed by atoms with Gasteiger partial charge in [0.05, 0.1) is 6.42 Å². The molecule has 0 spiro atoms. The van der Waals surface area contributed by atoms with Crippen molar-refractivity contribution in [3.8, 4) is 0 Å². The lowest BCUT2D eigenvalue weighted by atomic mass is 9.87. The van der Waals surface area contributed by atoms with Crippen molar-refractivity contribution < 1.29 is 14.3 Å². The SMILES string of the molecule is COCCCC(=O)CC(=O)C(C)(C)C. The number of carbonyl (C=O) groups excluding carboxylic acids is 2. The van der Waals surface area contributed by atoms with Gasteiger partial charge in [0.1, 0.15) is 11.6 Å². The van der Waals surface area contributed by atoms with E-state index in [0.29, 0.717) is 19.4 Å². The molecule has 0 radical (unpaired) electrons. The monoisotopic (exact) mass is 200 g/mol. The molecule has 3 heteroatoms. The second kappa shape index (κ2) is 5.91. The number of hydrogen-bond donors (Lipinski definition) is 0. The van der Waals surface area contributed by atoms with Crippen molar-refractivity contribution in [3.05, 3.63) is 0 Å². The Bertz CT molecular complexity index is 201. The van der Waals surface area contributed by atoms with Crippen molar-refractivity contribution in [2.45, 2.75) is 40.0 Å². The normalized spacial score (nSPS) is 11.4. The molecule has 0 fully saturated rings. The van der Waals surface area contributed by atoms with Gasteiger partial charge >= 0.3 is 0 Å². The zero-order valence-corrected chi connectivity index (χ0v) is 9.55. The Morgan fingerprint density at radius 2 is 1.79 bits per heavy atom. The smallest absolute Gasteiger partial charge is 0.145 e. The van der Waals surface area contributed by atoms with Crippen LogP contribution in [-0.2, 0) is 14.3 Å². The molecule has 0 rings (SSSR count). The summed E-state index contributed by atoms with van der Waals surface area (Å²) < 4.78 is 4.83. The lowest BCUT2D eigenvalue weighted by Gasteiger charge is -2.15. The number of methoxy groups -OCH3 is 1. The van der Waals surface area contributed by atoms with Gasteiger partial charge in [-0.3, -0.25) is 9.59 Å². The van der Waals surface area contributed by atoms with E-state index in [1.807, 2.05) is 20.8 Å². The predicted molar refractivity (Wildman–Crippen MR) is 55.2 cm³/mol. The van der Waals surface area contributed by atoms with Gasteiger partial charge in [0.15, 0.2) is 0 Å². The van der Waals surface area contributed by atoms with E-state index >= 15 is 0 Å². The predicted octanol–water partition coefficient (Wildman–Crippen LogP) is 1.99. The van der Waals surface area contributed by atoms with Crippen LogP contribution in [0.2, 0.25) is 0 Å². The summed E-state index contributed by atoms with van der Waals surface area (Å²) >= 11 is 0. The zero-order valence-electron chi connectivity index (χ0n) is 9.55. The Labute approximate surface area is 85.8 Å². The van der Waals surface area contributed by atoms with E-state index < -0.39 is 5.41 Å². The van der Waals surface area contributed by atoms with E-state index in [1.165, 1.54) is 0 Å². The van der Waals surface area contributed by atoms with Gasteiger partial charge < -0.3 is 4.74 Å². The molecule has 3 nitrogen and oxygen atoms in total. The maximum Gasteiger partial charge on any atom is 0.145 e. The van der Waals surface area contributed by atoms with Crippen LogP contribution in [-0.4, -0.2) is 25.3 Å². The van der Waals surface area contributed by atoms with Crippen molar-refractivity contribution in [1.29, 1.82) is 0 Å². The minimum atomic E-state index is -0.406. The van der Waals surface area contributed by atoms with Gasteiger partial charge in [0.2, 0.25) is 0 Å². The fourth-order valence-electron chi connectivity index (χ4n) is 0.946. The van der Waals surface area contributed by atoms with Gasteiger partial charge in [-0.05, 0) is 6.42 Å². The van der Waals surface area contributed by atoms with Crippen LogP contribution in [0.5, 0.6) is 0 Å². The van der Waals surface area contributed by atoms with Crippen LogP contribution < -0.4 is 0 Å². The lowest BCUT2D eigenvalue weighted by Crippen LogP contribution is -2.23. The third kappa shape index (κ3) is 5.86. The molecule has 0 heterocycles. The maximum absolute atomic E-state index is 11.5. The van der Waals surface area contributed by atoms with Gasteiger partial charge in [-0.15, -0.1) is 0 Å². The molecule has 0 saturated heterocycles. The lowest BCUT2D eigenvalue weighted by molar-refractivity contribution is -0.131. The first kappa shape index (κ1) is 13.3. The van der Waals surface area contributed by atoms with E-state index in [4.69, 9.17) is 4.74 Å². The quantitative estimate of drug-likeness (QED) is 0.486. The minimum Gasteiger partial charge on any atom is -0.385 e. The fourth-order valence-corrected chi connectivity index (χ4v) is 0.946. The first-order chi connectivity index (χ1) is 6.38. The summed E-state index contributed by atoms with van der Waals surface area (Å²) in [5.74, 6) is 0.0295. The van der Waals surface area contributed by atoms with Crippen molar-refractivity contribution in [1.82, 2.24) is 0 Å². The van der Waals surface area contributed by atoms with Gasteiger partial charge in [-0.2, -0.15) is 0 Å². The van der Waals surface area contributed by atoms with Crippen LogP contribution in [0.4, 0.5) is 0 Å². The van der Waals surface area contributed by atoms with Crippen LogP contribution in [0, 0.1) is 5.41 Å². The molecule has 0 aliphatic heterocycles. The molecular weight excluding hydrogens is 180 g/mol. The summed E-state index contributed by atoms with van der Waals surface area (Å²) in [7, 11) is 1.60. The van der Waals surface area contributed by atoms with Gasteiger partial charge in [0, 0.05) is 25.6 Å². The second-order valence-corrected chi connectivity index (χ2v) is 4.48. The number of rotatable bonds is 6. The van der Waals surface area contributed by atoms with Crippen molar-refractivity contribution in [2.75, 3.05) is 13.7 Å². The molecule has 0 aliphatic rings.